The molecule has 8 heteroatoms. The maximum Gasteiger partial charge on any atom is 0.252 e. The van der Waals surface area contributed by atoms with Crippen LogP contribution in [0.25, 0.3) is 0 Å². The lowest BCUT2D eigenvalue weighted by Crippen LogP contribution is -2.45. The number of nitrogens with zero attached hydrogens (tertiary/aromatic N) is 1. The molecule has 0 bridgehead atoms. The van der Waals surface area contributed by atoms with Gasteiger partial charge in [-0.3, -0.25) is 0 Å². The average molecular weight is 361 g/mol. The van der Waals surface area contributed by atoms with Crippen LogP contribution in [0, 0.1) is 0 Å². The number of rotatable bonds is 3. The summed E-state index contributed by atoms with van der Waals surface area (Å²) < 4.78 is 32.2. The Labute approximate surface area is 118 Å². The lowest BCUT2D eigenvalue weighted by Gasteiger charge is -2.30. The van der Waals surface area contributed by atoms with Gasteiger partial charge in [-0.1, -0.05) is 27.5 Å². The minimum Gasteiger partial charge on any atom is -0.375 e. The van der Waals surface area contributed by atoms with E-state index < -0.39 is 10.0 Å². The quantitative estimate of drug-likeness (QED) is 0.776. The molecular formula is C9H11BrClNO3S2. The fourth-order valence-corrected chi connectivity index (χ4v) is 5.05. The van der Waals surface area contributed by atoms with Crippen LogP contribution in [0.15, 0.2) is 16.3 Å². The normalized spacial score (nSPS) is 22.8. The summed E-state index contributed by atoms with van der Waals surface area (Å²) in [6, 6.07) is 3.14. The zero-order valence-corrected chi connectivity index (χ0v) is 12.8. The van der Waals surface area contributed by atoms with Crippen molar-refractivity contribution < 1.29 is 13.2 Å². The van der Waals surface area contributed by atoms with Gasteiger partial charge in [-0.05, 0) is 12.1 Å². The first-order chi connectivity index (χ1) is 8.04. The minimum absolute atomic E-state index is 0.0889. The highest BCUT2D eigenvalue weighted by atomic mass is 79.9. The van der Waals surface area contributed by atoms with Gasteiger partial charge in [-0.25, -0.2) is 8.42 Å². The maximum atomic E-state index is 12.3. The Morgan fingerprint density at radius 1 is 1.59 bits per heavy atom. The molecule has 1 atom stereocenters. The van der Waals surface area contributed by atoms with Crippen molar-refractivity contribution in [3.8, 4) is 0 Å². The first-order valence-electron chi connectivity index (χ1n) is 4.97. The van der Waals surface area contributed by atoms with Gasteiger partial charge in [-0.15, -0.1) is 11.3 Å². The van der Waals surface area contributed by atoms with E-state index in [1.807, 2.05) is 0 Å². The Morgan fingerprint density at radius 2 is 2.35 bits per heavy atom. The number of halogens is 2. The molecule has 1 fully saturated rings. The standard InChI is InChI=1S/C9H11BrClNO3S2/c10-5-7-6-12(3-4-15-7)17(13,14)9-2-1-8(11)16-9/h1-2,7H,3-6H2. The molecule has 0 radical (unpaired) electrons. The van der Waals surface area contributed by atoms with Gasteiger partial charge in [-0.2, -0.15) is 4.31 Å². The van der Waals surface area contributed by atoms with Crippen molar-refractivity contribution in [1.29, 1.82) is 0 Å². The van der Waals surface area contributed by atoms with Crippen molar-refractivity contribution in [2.45, 2.75) is 10.3 Å². The molecule has 1 aliphatic heterocycles. The van der Waals surface area contributed by atoms with Crippen LogP contribution in [0.4, 0.5) is 0 Å². The first kappa shape index (κ1) is 13.8. The molecule has 1 saturated heterocycles. The lowest BCUT2D eigenvalue weighted by atomic mass is 10.3. The average Bonchev–Trinajstić information content (AvgIpc) is 2.76. The Bertz CT molecular complexity index is 490. The molecule has 1 aromatic rings. The van der Waals surface area contributed by atoms with E-state index in [4.69, 9.17) is 16.3 Å². The van der Waals surface area contributed by atoms with Crippen LogP contribution in [0.2, 0.25) is 4.34 Å². The third kappa shape index (κ3) is 3.02. The molecule has 17 heavy (non-hydrogen) atoms. The van der Waals surface area contributed by atoms with Crippen LogP contribution < -0.4 is 0 Å². The summed E-state index contributed by atoms with van der Waals surface area (Å²) in [5.74, 6) is 0. The number of hydrogen-bond donors (Lipinski definition) is 0. The topological polar surface area (TPSA) is 46.6 Å². The minimum atomic E-state index is -3.42. The Balaban J connectivity index is 2.21. The van der Waals surface area contributed by atoms with E-state index in [0.717, 1.165) is 11.3 Å². The highest BCUT2D eigenvalue weighted by molar-refractivity contribution is 9.09. The van der Waals surface area contributed by atoms with E-state index in [1.54, 1.807) is 12.1 Å². The van der Waals surface area contributed by atoms with E-state index in [9.17, 15) is 8.42 Å². The van der Waals surface area contributed by atoms with Gasteiger partial charge in [0.05, 0.1) is 17.0 Å². The van der Waals surface area contributed by atoms with Gasteiger partial charge in [0.1, 0.15) is 4.21 Å². The van der Waals surface area contributed by atoms with Crippen molar-refractivity contribution in [3.63, 3.8) is 0 Å². The summed E-state index contributed by atoms with van der Waals surface area (Å²) in [6.07, 6.45) is -0.0889. The Morgan fingerprint density at radius 3 is 2.94 bits per heavy atom. The zero-order valence-electron chi connectivity index (χ0n) is 8.80. The van der Waals surface area contributed by atoms with E-state index in [0.29, 0.717) is 29.4 Å². The van der Waals surface area contributed by atoms with Crippen LogP contribution in [-0.2, 0) is 14.8 Å². The predicted molar refractivity (Wildman–Crippen MR) is 71.6 cm³/mol. The number of morpholine rings is 1. The smallest absolute Gasteiger partial charge is 0.252 e. The van der Waals surface area contributed by atoms with Crippen LogP contribution in [0.1, 0.15) is 0 Å². The lowest BCUT2D eigenvalue weighted by molar-refractivity contribution is 0.0137. The summed E-state index contributed by atoms with van der Waals surface area (Å²) in [6.45, 7) is 1.19. The second kappa shape index (κ2) is 5.54. The van der Waals surface area contributed by atoms with Gasteiger partial charge < -0.3 is 4.74 Å². The van der Waals surface area contributed by atoms with Crippen LogP contribution in [0.3, 0.4) is 0 Å². The zero-order chi connectivity index (χ0) is 12.5. The fourth-order valence-electron chi connectivity index (χ4n) is 1.57. The van der Waals surface area contributed by atoms with E-state index in [2.05, 4.69) is 15.9 Å². The van der Waals surface area contributed by atoms with Gasteiger partial charge in [0.2, 0.25) is 0 Å². The van der Waals surface area contributed by atoms with Gasteiger partial charge in [0.15, 0.2) is 0 Å². The maximum absolute atomic E-state index is 12.3. The fraction of sp³-hybridized carbons (Fsp3) is 0.556. The van der Waals surface area contributed by atoms with E-state index in [1.165, 1.54) is 4.31 Å². The molecule has 0 aliphatic carbocycles. The van der Waals surface area contributed by atoms with Gasteiger partial charge >= 0.3 is 0 Å². The second-order valence-electron chi connectivity index (χ2n) is 3.57. The highest BCUT2D eigenvalue weighted by Crippen LogP contribution is 2.29. The molecule has 2 heterocycles. The summed E-state index contributed by atoms with van der Waals surface area (Å²) in [5, 5.41) is 0.629. The molecule has 0 spiro atoms. The van der Waals surface area contributed by atoms with Gasteiger partial charge in [0, 0.05) is 18.4 Å². The number of thiophene rings is 1. The predicted octanol–water partition coefficient (Wildman–Crippen LogP) is 2.19. The van der Waals surface area contributed by atoms with Crippen molar-refractivity contribution in [2.24, 2.45) is 0 Å². The molecule has 1 aromatic heterocycles. The van der Waals surface area contributed by atoms with Crippen LogP contribution >= 0.6 is 38.9 Å². The first-order valence-corrected chi connectivity index (χ1v) is 8.72. The van der Waals surface area contributed by atoms with Crippen molar-refractivity contribution in [1.82, 2.24) is 4.31 Å². The summed E-state index contributed by atoms with van der Waals surface area (Å²) >= 11 is 10.1. The second-order valence-corrected chi connectivity index (χ2v) is 8.10. The molecule has 1 aliphatic rings. The Hall–Kier alpha value is 0.340. The molecule has 96 valence electrons. The monoisotopic (exact) mass is 359 g/mol. The number of hydrogen-bond acceptors (Lipinski definition) is 4. The van der Waals surface area contributed by atoms with Crippen molar-refractivity contribution in [3.05, 3.63) is 16.5 Å². The third-order valence-electron chi connectivity index (χ3n) is 2.42. The largest absolute Gasteiger partial charge is 0.375 e. The Kier molecular flexibility index (Phi) is 4.49. The number of sulfonamides is 1. The van der Waals surface area contributed by atoms with Crippen LogP contribution in [0.5, 0.6) is 0 Å². The highest BCUT2D eigenvalue weighted by Gasteiger charge is 2.31. The van der Waals surface area contributed by atoms with Crippen molar-refractivity contribution in [2.75, 3.05) is 25.0 Å². The molecule has 1 unspecified atom stereocenters. The van der Waals surface area contributed by atoms with Crippen molar-refractivity contribution >= 4 is 48.9 Å². The molecule has 0 amide bonds. The van der Waals surface area contributed by atoms with E-state index in [-0.39, 0.29) is 10.3 Å². The molecular weight excluding hydrogens is 350 g/mol. The third-order valence-corrected chi connectivity index (χ3v) is 6.70. The molecule has 0 aromatic carbocycles. The van der Waals surface area contributed by atoms with Gasteiger partial charge in [0.25, 0.3) is 10.0 Å². The molecule has 0 N–H and O–H groups in total. The SMILES string of the molecule is O=S(=O)(c1ccc(Cl)s1)N1CCOC(CBr)C1. The summed E-state index contributed by atoms with van der Waals surface area (Å²) in [5.41, 5.74) is 0. The molecule has 2 rings (SSSR count). The number of alkyl halides is 1. The molecule has 0 saturated carbocycles. The molecule has 4 nitrogen and oxygen atoms in total. The van der Waals surface area contributed by atoms with E-state index >= 15 is 0 Å². The summed E-state index contributed by atoms with van der Waals surface area (Å²) in [7, 11) is -3.42. The summed E-state index contributed by atoms with van der Waals surface area (Å²) in [4.78, 5) is 0. The number of ether oxygens (including phenoxy) is 1. The van der Waals surface area contributed by atoms with Crippen LogP contribution in [-0.4, -0.2) is 43.9 Å².